The molecule has 1 aromatic carbocycles. The highest BCUT2D eigenvalue weighted by Gasteiger charge is 2.04. The number of ether oxygens (including phenoxy) is 1. The number of anilines is 1. The van der Waals surface area contributed by atoms with Crippen LogP contribution in [0, 0.1) is 6.92 Å². The van der Waals surface area contributed by atoms with Gasteiger partial charge in [0.15, 0.2) is 10.2 Å². The monoisotopic (exact) mass is 360 g/mol. The van der Waals surface area contributed by atoms with Gasteiger partial charge >= 0.3 is 0 Å². The highest BCUT2D eigenvalue weighted by atomic mass is 35.5. The minimum absolute atomic E-state index is 0.406. The average molecular weight is 361 g/mol. The van der Waals surface area contributed by atoms with Crippen LogP contribution in [-0.2, 0) is 4.74 Å². The Bertz CT molecular complexity index is 514. The van der Waals surface area contributed by atoms with E-state index in [2.05, 4.69) is 21.5 Å². The number of benzene rings is 1. The lowest BCUT2D eigenvalue weighted by molar-refractivity contribution is 0.145. The first-order valence-corrected chi connectivity index (χ1v) is 8.17. The van der Waals surface area contributed by atoms with Crippen LogP contribution in [0.3, 0.4) is 0 Å². The van der Waals surface area contributed by atoms with Crippen LogP contribution < -0.4 is 21.5 Å². The summed E-state index contributed by atoms with van der Waals surface area (Å²) in [5.41, 5.74) is 7.43. The van der Waals surface area contributed by atoms with Crippen LogP contribution >= 0.6 is 36.0 Å². The summed E-state index contributed by atoms with van der Waals surface area (Å²) in [5, 5.41) is 7.68. The summed E-state index contributed by atoms with van der Waals surface area (Å²) >= 11 is 16.4. The molecule has 0 aliphatic heterocycles. The molecule has 0 aliphatic carbocycles. The molecule has 0 radical (unpaired) electrons. The number of nitrogens with one attached hydrogen (secondary N) is 4. The van der Waals surface area contributed by atoms with E-state index in [9.17, 15) is 0 Å². The van der Waals surface area contributed by atoms with E-state index in [1.165, 1.54) is 0 Å². The van der Waals surface area contributed by atoms with Crippen molar-refractivity contribution in [3.8, 4) is 0 Å². The van der Waals surface area contributed by atoms with Gasteiger partial charge in [0, 0.05) is 30.5 Å². The normalized spacial score (nSPS) is 9.95. The Morgan fingerprint density at radius 1 is 1.23 bits per heavy atom. The number of hydrogen-bond acceptors (Lipinski definition) is 3. The van der Waals surface area contributed by atoms with Gasteiger partial charge in [-0.1, -0.05) is 17.7 Å². The van der Waals surface area contributed by atoms with Crippen molar-refractivity contribution in [2.75, 3.05) is 25.1 Å². The number of halogens is 1. The molecule has 1 aromatic rings. The fourth-order valence-electron chi connectivity index (χ4n) is 1.57. The number of rotatable bonds is 6. The molecule has 0 spiro atoms. The third kappa shape index (κ3) is 7.22. The maximum atomic E-state index is 6.06. The Balaban J connectivity index is 2.25. The molecule has 0 aromatic heterocycles. The molecule has 0 amide bonds. The summed E-state index contributed by atoms with van der Waals surface area (Å²) in [7, 11) is 0. The van der Waals surface area contributed by atoms with E-state index in [0.29, 0.717) is 21.9 Å². The van der Waals surface area contributed by atoms with Gasteiger partial charge in [-0.25, -0.2) is 0 Å². The van der Waals surface area contributed by atoms with Crippen molar-refractivity contribution < 1.29 is 4.74 Å². The highest BCUT2D eigenvalue weighted by Crippen LogP contribution is 2.22. The molecular formula is C14H21ClN4OS2. The topological polar surface area (TPSA) is 57.4 Å². The lowest BCUT2D eigenvalue weighted by Crippen LogP contribution is -2.48. The summed E-state index contributed by atoms with van der Waals surface area (Å²) in [6, 6.07) is 5.59. The molecule has 0 saturated carbocycles. The van der Waals surface area contributed by atoms with Gasteiger partial charge in [-0.05, 0) is 62.4 Å². The summed E-state index contributed by atoms with van der Waals surface area (Å²) < 4.78 is 5.24. The minimum atomic E-state index is 0.406. The SMILES string of the molecule is CCOCCCNC(=S)NNC(=S)Nc1cccc(Cl)c1C. The zero-order valence-corrected chi connectivity index (χ0v) is 15.1. The first kappa shape index (κ1) is 18.9. The van der Waals surface area contributed by atoms with Gasteiger partial charge in [0.25, 0.3) is 0 Å². The van der Waals surface area contributed by atoms with Gasteiger partial charge in [0.1, 0.15) is 0 Å². The van der Waals surface area contributed by atoms with Crippen LogP contribution in [0.4, 0.5) is 5.69 Å². The first-order valence-electron chi connectivity index (χ1n) is 6.98. The van der Waals surface area contributed by atoms with Crippen molar-refractivity contribution in [3.05, 3.63) is 28.8 Å². The lowest BCUT2D eigenvalue weighted by Gasteiger charge is -2.15. The largest absolute Gasteiger partial charge is 0.382 e. The maximum Gasteiger partial charge on any atom is 0.189 e. The molecule has 0 aliphatic rings. The lowest BCUT2D eigenvalue weighted by atomic mass is 10.2. The Morgan fingerprint density at radius 2 is 1.95 bits per heavy atom. The van der Waals surface area contributed by atoms with Gasteiger partial charge < -0.3 is 15.4 Å². The van der Waals surface area contributed by atoms with Crippen molar-refractivity contribution in [2.45, 2.75) is 20.3 Å². The van der Waals surface area contributed by atoms with Gasteiger partial charge in [0.05, 0.1) is 0 Å². The van der Waals surface area contributed by atoms with E-state index in [1.807, 2.05) is 32.0 Å². The molecule has 4 N–H and O–H groups in total. The zero-order valence-electron chi connectivity index (χ0n) is 12.7. The summed E-state index contributed by atoms with van der Waals surface area (Å²) in [5.74, 6) is 0. The van der Waals surface area contributed by atoms with E-state index in [4.69, 9.17) is 40.8 Å². The van der Waals surface area contributed by atoms with Gasteiger partial charge in [-0.15, -0.1) is 0 Å². The Hall–Kier alpha value is -1.15. The smallest absolute Gasteiger partial charge is 0.189 e. The van der Waals surface area contributed by atoms with Crippen LogP contribution in [0.1, 0.15) is 18.9 Å². The standard InChI is InChI=1S/C14H21ClN4OS2/c1-3-20-9-5-8-16-13(21)18-19-14(22)17-12-7-4-6-11(15)10(12)2/h4,6-7H,3,5,8-9H2,1-2H3,(H2,16,18,21)(H2,17,19,22). The average Bonchev–Trinajstić information content (AvgIpc) is 2.49. The molecule has 0 fully saturated rings. The Kier molecular flexibility index (Phi) is 9.07. The van der Waals surface area contributed by atoms with E-state index in [-0.39, 0.29) is 0 Å². The zero-order chi connectivity index (χ0) is 16.4. The fraction of sp³-hybridized carbons (Fsp3) is 0.429. The molecule has 0 saturated heterocycles. The molecule has 8 heteroatoms. The number of hydrogen-bond donors (Lipinski definition) is 4. The Morgan fingerprint density at radius 3 is 2.68 bits per heavy atom. The van der Waals surface area contributed by atoms with E-state index >= 15 is 0 Å². The maximum absolute atomic E-state index is 6.06. The van der Waals surface area contributed by atoms with Crippen LogP contribution in [-0.4, -0.2) is 30.0 Å². The van der Waals surface area contributed by atoms with E-state index in [1.54, 1.807) is 0 Å². The second kappa shape index (κ2) is 10.6. The molecule has 0 unspecified atom stereocenters. The predicted molar refractivity (Wildman–Crippen MR) is 100 cm³/mol. The van der Waals surface area contributed by atoms with Gasteiger partial charge in [-0.2, -0.15) is 0 Å². The van der Waals surface area contributed by atoms with Crippen LogP contribution in [0.25, 0.3) is 0 Å². The molecule has 22 heavy (non-hydrogen) atoms. The first-order chi connectivity index (χ1) is 10.5. The molecule has 0 atom stereocenters. The second-order valence-electron chi connectivity index (χ2n) is 4.42. The number of thiocarbonyl (C=S) groups is 2. The molecule has 0 bridgehead atoms. The second-order valence-corrected chi connectivity index (χ2v) is 5.65. The van der Waals surface area contributed by atoms with Crippen LogP contribution in [0.5, 0.6) is 0 Å². The van der Waals surface area contributed by atoms with Crippen LogP contribution in [0.2, 0.25) is 5.02 Å². The summed E-state index contributed by atoms with van der Waals surface area (Å²) in [6.07, 6.45) is 0.889. The van der Waals surface area contributed by atoms with Crippen molar-refractivity contribution in [1.29, 1.82) is 0 Å². The quantitative estimate of drug-likeness (QED) is 0.353. The summed E-state index contributed by atoms with van der Waals surface area (Å²) in [4.78, 5) is 0. The number of hydrazine groups is 1. The van der Waals surface area contributed by atoms with Crippen LogP contribution in [0.15, 0.2) is 18.2 Å². The highest BCUT2D eigenvalue weighted by molar-refractivity contribution is 7.80. The third-order valence-corrected chi connectivity index (χ3v) is 3.62. The van der Waals surface area contributed by atoms with E-state index in [0.717, 1.165) is 30.8 Å². The fourth-order valence-corrected chi connectivity index (χ4v) is 2.06. The molecule has 1 rings (SSSR count). The van der Waals surface area contributed by atoms with Crippen molar-refractivity contribution in [3.63, 3.8) is 0 Å². The minimum Gasteiger partial charge on any atom is -0.382 e. The van der Waals surface area contributed by atoms with Crippen molar-refractivity contribution >= 4 is 51.9 Å². The molecular weight excluding hydrogens is 340 g/mol. The molecule has 5 nitrogen and oxygen atoms in total. The Labute approximate surface area is 147 Å². The predicted octanol–water partition coefficient (Wildman–Crippen LogP) is 2.74. The third-order valence-electron chi connectivity index (χ3n) is 2.76. The van der Waals surface area contributed by atoms with E-state index < -0.39 is 0 Å². The van der Waals surface area contributed by atoms with Gasteiger partial charge in [0.2, 0.25) is 0 Å². The summed E-state index contributed by atoms with van der Waals surface area (Å²) in [6.45, 7) is 6.08. The van der Waals surface area contributed by atoms with Crippen molar-refractivity contribution in [2.24, 2.45) is 0 Å². The molecule has 122 valence electrons. The van der Waals surface area contributed by atoms with Crippen molar-refractivity contribution in [1.82, 2.24) is 16.2 Å². The molecule has 0 heterocycles. The van der Waals surface area contributed by atoms with Gasteiger partial charge in [-0.3, -0.25) is 10.9 Å².